The van der Waals surface area contributed by atoms with E-state index in [1.165, 1.54) is 11.1 Å². The van der Waals surface area contributed by atoms with Gasteiger partial charge in [-0.2, -0.15) is 0 Å². The highest BCUT2D eigenvalue weighted by molar-refractivity contribution is 6.44. The Labute approximate surface area is 184 Å². The Morgan fingerprint density at radius 3 is 2.62 bits per heavy atom. The number of amides is 1. The molecule has 0 spiro atoms. The number of H-pyrrole nitrogens is 1. The topological polar surface area (TPSA) is 96.0 Å². The molecule has 4 aromatic rings. The fourth-order valence-corrected chi connectivity index (χ4v) is 4.38. The largest absolute Gasteiger partial charge is 0.361 e. The van der Waals surface area contributed by atoms with Crippen LogP contribution in [0, 0.1) is 5.92 Å². The van der Waals surface area contributed by atoms with E-state index in [1.54, 1.807) is 42.7 Å². The zero-order valence-electron chi connectivity index (χ0n) is 17.1. The number of benzene rings is 1. The molecule has 7 heteroatoms. The summed E-state index contributed by atoms with van der Waals surface area (Å²) in [7, 11) is 0. The van der Waals surface area contributed by atoms with E-state index in [-0.39, 0.29) is 0 Å². The van der Waals surface area contributed by atoms with E-state index in [0.29, 0.717) is 24.2 Å². The number of likely N-dealkylation sites (tertiary alicyclic amines) is 1. The van der Waals surface area contributed by atoms with E-state index >= 15 is 0 Å². The van der Waals surface area contributed by atoms with Crippen molar-refractivity contribution in [3.05, 3.63) is 96.2 Å². The third-order valence-electron chi connectivity index (χ3n) is 5.92. The molecule has 1 aliphatic heterocycles. The quantitative estimate of drug-likeness (QED) is 0.291. The van der Waals surface area contributed by atoms with Gasteiger partial charge in [-0.05, 0) is 42.3 Å². The molecule has 32 heavy (non-hydrogen) atoms. The molecule has 2 atom stereocenters. The smallest absolute Gasteiger partial charge is 0.291 e. The van der Waals surface area contributed by atoms with Gasteiger partial charge in [0.15, 0.2) is 5.78 Å². The number of pyridine rings is 2. The normalized spacial score (nSPS) is 18.4. The molecule has 1 fully saturated rings. The maximum Gasteiger partial charge on any atom is 0.291 e. The number of fused-ring (bicyclic) bond motifs is 1. The summed E-state index contributed by atoms with van der Waals surface area (Å²) < 4.78 is 0. The molecule has 0 saturated carbocycles. The standard InChI is InChI=1S/C25H20N4O3/c30-23(17-6-5-11-26-14-17)21-22(20-9-3-4-12-27-20)29(25(32)24(21)31)13-10-16-15-28-19-8-2-1-7-18(16)19/h1-9,11-12,14-15,21-22,28H,10,13H2. The molecule has 0 bridgehead atoms. The maximum atomic E-state index is 13.3. The van der Waals surface area contributed by atoms with Crippen LogP contribution in [0.25, 0.3) is 10.9 Å². The highest BCUT2D eigenvalue weighted by Crippen LogP contribution is 2.37. The summed E-state index contributed by atoms with van der Waals surface area (Å²) in [6, 6.07) is 15.7. The molecule has 5 rings (SSSR count). The minimum atomic E-state index is -1.15. The average Bonchev–Trinajstić information content (AvgIpc) is 3.37. The Balaban J connectivity index is 1.50. The van der Waals surface area contributed by atoms with Crippen molar-refractivity contribution in [2.45, 2.75) is 12.5 Å². The molecule has 7 nitrogen and oxygen atoms in total. The maximum absolute atomic E-state index is 13.3. The Bertz CT molecular complexity index is 1300. The second-order valence-corrected chi connectivity index (χ2v) is 7.76. The Kier molecular flexibility index (Phi) is 5.07. The third kappa shape index (κ3) is 3.37. The van der Waals surface area contributed by atoms with Gasteiger partial charge in [0.25, 0.3) is 5.91 Å². The number of hydrogen-bond acceptors (Lipinski definition) is 5. The number of rotatable bonds is 6. The van der Waals surface area contributed by atoms with E-state index in [4.69, 9.17) is 0 Å². The van der Waals surface area contributed by atoms with Crippen LogP contribution in [0.5, 0.6) is 0 Å². The number of ketones is 2. The Morgan fingerprint density at radius 1 is 1.00 bits per heavy atom. The fraction of sp³-hybridized carbons (Fsp3) is 0.160. The molecule has 1 N–H and O–H groups in total. The molecule has 1 aromatic carbocycles. The number of carbonyl (C=O) groups excluding carboxylic acids is 3. The summed E-state index contributed by atoms with van der Waals surface area (Å²) in [4.78, 5) is 52.4. The van der Waals surface area contributed by atoms with Gasteiger partial charge in [0.1, 0.15) is 5.92 Å². The second-order valence-electron chi connectivity index (χ2n) is 7.76. The van der Waals surface area contributed by atoms with Crippen LogP contribution in [0.3, 0.4) is 0 Å². The summed E-state index contributed by atoms with van der Waals surface area (Å²) in [6.45, 7) is 0.296. The molecule has 2 unspecified atom stereocenters. The summed E-state index contributed by atoms with van der Waals surface area (Å²) in [5, 5.41) is 1.07. The van der Waals surface area contributed by atoms with Gasteiger partial charge in [0.05, 0.1) is 11.7 Å². The number of aromatic nitrogens is 3. The summed E-state index contributed by atoms with van der Waals surface area (Å²) in [6.07, 6.45) is 7.04. The van der Waals surface area contributed by atoms with Crippen LogP contribution in [0.4, 0.5) is 0 Å². The molecule has 1 amide bonds. The van der Waals surface area contributed by atoms with Crippen molar-refractivity contribution < 1.29 is 14.4 Å². The summed E-state index contributed by atoms with van der Waals surface area (Å²) in [5.74, 6) is -2.91. The van der Waals surface area contributed by atoms with Gasteiger partial charge < -0.3 is 9.88 Å². The number of nitrogens with zero attached hydrogens (tertiary/aromatic N) is 3. The first-order chi connectivity index (χ1) is 15.6. The highest BCUT2D eigenvalue weighted by atomic mass is 16.2. The van der Waals surface area contributed by atoms with E-state index in [2.05, 4.69) is 15.0 Å². The first-order valence-corrected chi connectivity index (χ1v) is 10.4. The minimum Gasteiger partial charge on any atom is -0.361 e. The molecular weight excluding hydrogens is 404 g/mol. The minimum absolute atomic E-state index is 0.296. The molecule has 0 radical (unpaired) electrons. The average molecular weight is 424 g/mol. The van der Waals surface area contributed by atoms with Crippen molar-refractivity contribution in [1.29, 1.82) is 0 Å². The lowest BCUT2D eigenvalue weighted by atomic mass is 9.88. The van der Waals surface area contributed by atoms with Crippen molar-refractivity contribution in [1.82, 2.24) is 19.9 Å². The summed E-state index contributed by atoms with van der Waals surface area (Å²) >= 11 is 0. The SMILES string of the molecule is O=C1C(=O)N(CCc2c[nH]c3ccccc23)C(c2ccccn2)C1C(=O)c1cccnc1. The number of nitrogens with one attached hydrogen (secondary N) is 1. The van der Waals surface area contributed by atoms with Crippen LogP contribution < -0.4 is 0 Å². The van der Waals surface area contributed by atoms with Crippen molar-refractivity contribution in [3.63, 3.8) is 0 Å². The zero-order chi connectivity index (χ0) is 22.1. The van der Waals surface area contributed by atoms with Crippen molar-refractivity contribution in [3.8, 4) is 0 Å². The Morgan fingerprint density at radius 2 is 1.84 bits per heavy atom. The van der Waals surface area contributed by atoms with Crippen molar-refractivity contribution in [2.24, 2.45) is 5.92 Å². The number of hydrogen-bond donors (Lipinski definition) is 1. The zero-order valence-corrected chi connectivity index (χ0v) is 17.1. The fourth-order valence-electron chi connectivity index (χ4n) is 4.38. The molecule has 3 aromatic heterocycles. The van der Waals surface area contributed by atoms with Gasteiger partial charge >= 0.3 is 0 Å². The molecule has 0 aliphatic carbocycles. The lowest BCUT2D eigenvalue weighted by Crippen LogP contribution is -2.33. The third-order valence-corrected chi connectivity index (χ3v) is 5.92. The van der Waals surface area contributed by atoms with E-state index in [1.807, 2.05) is 30.5 Å². The second kappa shape index (κ2) is 8.19. The van der Waals surface area contributed by atoms with Gasteiger partial charge in [-0.1, -0.05) is 24.3 Å². The van der Waals surface area contributed by atoms with Gasteiger partial charge in [-0.3, -0.25) is 24.4 Å². The number of para-hydroxylation sites is 1. The molecule has 4 heterocycles. The van der Waals surface area contributed by atoms with E-state index < -0.39 is 29.4 Å². The molecule has 158 valence electrons. The highest BCUT2D eigenvalue weighted by Gasteiger charge is 2.52. The predicted molar refractivity (Wildman–Crippen MR) is 118 cm³/mol. The molecular formula is C25H20N4O3. The number of carbonyl (C=O) groups is 3. The molecule has 1 aliphatic rings. The van der Waals surface area contributed by atoms with Crippen molar-refractivity contribution >= 4 is 28.4 Å². The van der Waals surface area contributed by atoms with Gasteiger partial charge in [-0.15, -0.1) is 0 Å². The lowest BCUT2D eigenvalue weighted by molar-refractivity contribution is -0.140. The van der Waals surface area contributed by atoms with Crippen LogP contribution in [0.2, 0.25) is 0 Å². The monoisotopic (exact) mass is 424 g/mol. The first-order valence-electron chi connectivity index (χ1n) is 10.4. The van der Waals surface area contributed by atoms with Gasteiger partial charge in [0, 0.05) is 47.8 Å². The predicted octanol–water partition coefficient (Wildman–Crippen LogP) is 3.15. The van der Waals surface area contributed by atoms with Crippen LogP contribution in [0.15, 0.2) is 79.4 Å². The number of aromatic amines is 1. The van der Waals surface area contributed by atoms with Crippen LogP contribution in [-0.2, 0) is 16.0 Å². The van der Waals surface area contributed by atoms with E-state index in [0.717, 1.165) is 16.5 Å². The Hall–Kier alpha value is -4.13. The van der Waals surface area contributed by atoms with Crippen LogP contribution in [-0.4, -0.2) is 43.9 Å². The van der Waals surface area contributed by atoms with Gasteiger partial charge in [-0.25, -0.2) is 0 Å². The molecule has 1 saturated heterocycles. The van der Waals surface area contributed by atoms with Crippen molar-refractivity contribution in [2.75, 3.05) is 6.54 Å². The lowest BCUT2D eigenvalue weighted by Gasteiger charge is -2.26. The number of Topliss-reactive ketones (excluding diaryl/α,β-unsaturated/α-hetero) is 2. The van der Waals surface area contributed by atoms with Gasteiger partial charge in [0.2, 0.25) is 5.78 Å². The van der Waals surface area contributed by atoms with Crippen LogP contribution in [0.1, 0.15) is 27.7 Å². The summed E-state index contributed by atoms with van der Waals surface area (Å²) in [5.41, 5.74) is 2.88. The first kappa shape index (κ1) is 19.8. The van der Waals surface area contributed by atoms with Crippen LogP contribution >= 0.6 is 0 Å². The van der Waals surface area contributed by atoms with E-state index in [9.17, 15) is 14.4 Å².